The highest BCUT2D eigenvalue weighted by atomic mass is 19.1. The van der Waals surface area contributed by atoms with E-state index in [2.05, 4.69) is 44.4 Å². The Morgan fingerprint density at radius 3 is 2.66 bits per heavy atom. The van der Waals surface area contributed by atoms with Gasteiger partial charge in [0.25, 0.3) is 5.91 Å². The first kappa shape index (κ1) is 23.7. The second-order valence-electron chi connectivity index (χ2n) is 8.28. The predicted octanol–water partition coefficient (Wildman–Crippen LogP) is 4.31. The summed E-state index contributed by atoms with van der Waals surface area (Å²) in [6.45, 7) is 4.74. The maximum absolute atomic E-state index is 14.7. The summed E-state index contributed by atoms with van der Waals surface area (Å²) in [5, 5.41) is 15.1. The number of carbonyl (C=O) groups is 1. The van der Waals surface area contributed by atoms with Crippen molar-refractivity contribution in [2.75, 3.05) is 18.9 Å². The number of aromatic nitrogens is 4. The van der Waals surface area contributed by atoms with Crippen molar-refractivity contribution < 1.29 is 9.18 Å². The largest absolute Gasteiger partial charge is 0.370 e. The van der Waals surface area contributed by atoms with E-state index in [4.69, 9.17) is 5.26 Å². The van der Waals surface area contributed by atoms with Gasteiger partial charge in [0, 0.05) is 43.0 Å². The number of nitrogens with one attached hydrogen (secondary N) is 2. The van der Waals surface area contributed by atoms with Gasteiger partial charge in [0.05, 0.1) is 16.8 Å². The molecule has 2 atom stereocenters. The van der Waals surface area contributed by atoms with Crippen LogP contribution in [-0.4, -0.2) is 39.4 Å². The fraction of sp³-hybridized carbons (Fsp3) is 0.231. The topological polar surface area (TPSA) is 116 Å². The van der Waals surface area contributed by atoms with Crippen molar-refractivity contribution in [2.24, 2.45) is 5.92 Å². The molecule has 1 amide bonds. The van der Waals surface area contributed by atoms with Crippen LogP contribution in [0.1, 0.15) is 41.4 Å². The van der Waals surface area contributed by atoms with E-state index in [0.717, 1.165) is 11.1 Å². The lowest BCUT2D eigenvalue weighted by Crippen LogP contribution is -2.20. The van der Waals surface area contributed by atoms with Gasteiger partial charge in [0.2, 0.25) is 0 Å². The summed E-state index contributed by atoms with van der Waals surface area (Å²) >= 11 is 0. The number of carbonyl (C=O) groups excluding carboxylic acids is 1. The van der Waals surface area contributed by atoms with Gasteiger partial charge in [-0.2, -0.15) is 5.26 Å². The molecule has 4 rings (SSSR count). The smallest absolute Gasteiger partial charge is 0.251 e. The zero-order chi connectivity index (χ0) is 24.9. The van der Waals surface area contributed by atoms with Gasteiger partial charge in [-0.25, -0.2) is 19.3 Å². The number of anilines is 1. The molecule has 8 nitrogen and oxygen atoms in total. The van der Waals surface area contributed by atoms with Gasteiger partial charge >= 0.3 is 0 Å². The Bertz CT molecular complexity index is 1420. The molecule has 9 heteroatoms. The molecular weight excluding hydrogens is 445 g/mol. The maximum Gasteiger partial charge on any atom is 0.251 e. The Kier molecular flexibility index (Phi) is 6.92. The van der Waals surface area contributed by atoms with Gasteiger partial charge in [-0.1, -0.05) is 19.9 Å². The Morgan fingerprint density at radius 2 is 1.94 bits per heavy atom. The number of pyridine rings is 2. The number of rotatable bonds is 7. The minimum Gasteiger partial charge on any atom is -0.370 e. The monoisotopic (exact) mass is 469 g/mol. The lowest BCUT2D eigenvalue weighted by molar-refractivity contribution is 0.0964. The third-order valence-corrected chi connectivity index (χ3v) is 6.13. The number of amides is 1. The summed E-state index contributed by atoms with van der Waals surface area (Å²) in [5.41, 5.74) is 3.44. The average molecular weight is 470 g/mol. The van der Waals surface area contributed by atoms with Crippen molar-refractivity contribution in [3.63, 3.8) is 0 Å². The molecule has 4 aromatic rings. The first-order valence-corrected chi connectivity index (χ1v) is 11.1. The van der Waals surface area contributed by atoms with E-state index >= 15 is 0 Å². The number of hydrogen-bond donors (Lipinski definition) is 2. The fourth-order valence-electron chi connectivity index (χ4n) is 3.91. The maximum atomic E-state index is 14.7. The van der Waals surface area contributed by atoms with E-state index in [0.29, 0.717) is 29.3 Å². The van der Waals surface area contributed by atoms with Gasteiger partial charge in [-0.15, -0.1) is 0 Å². The molecule has 0 bridgehead atoms. The molecule has 0 fully saturated rings. The standard InChI is InChI=1S/C26H24FN7O/c1-15(12-32-23-10-22(33-14-34-23)17-4-5-18(11-28)31-13-17)16(2)19-6-7-21(27)24-20(26(35)29-3)8-9-30-25(19)24/h4-10,13-16H,12H2,1-3H3,(H,29,35)(H,32,33,34). The predicted molar refractivity (Wildman–Crippen MR) is 131 cm³/mol. The lowest BCUT2D eigenvalue weighted by Gasteiger charge is -2.22. The molecule has 1 aromatic carbocycles. The fourth-order valence-corrected chi connectivity index (χ4v) is 3.91. The van der Waals surface area contributed by atoms with Crippen LogP contribution in [0.2, 0.25) is 0 Å². The third kappa shape index (κ3) is 4.92. The van der Waals surface area contributed by atoms with Gasteiger partial charge in [0.15, 0.2) is 0 Å². The van der Waals surface area contributed by atoms with E-state index in [9.17, 15) is 9.18 Å². The van der Waals surface area contributed by atoms with Crippen molar-refractivity contribution in [2.45, 2.75) is 19.8 Å². The van der Waals surface area contributed by atoms with Crippen LogP contribution in [0.5, 0.6) is 0 Å². The molecule has 176 valence electrons. The van der Waals surface area contributed by atoms with Crippen LogP contribution in [0.4, 0.5) is 10.2 Å². The van der Waals surface area contributed by atoms with Crippen LogP contribution in [0, 0.1) is 23.1 Å². The molecule has 0 radical (unpaired) electrons. The minimum atomic E-state index is -0.473. The lowest BCUT2D eigenvalue weighted by atomic mass is 9.86. The van der Waals surface area contributed by atoms with Crippen molar-refractivity contribution in [3.8, 4) is 17.3 Å². The quantitative estimate of drug-likeness (QED) is 0.414. The number of benzene rings is 1. The van der Waals surface area contributed by atoms with Gasteiger partial charge in [-0.3, -0.25) is 9.78 Å². The highest BCUT2D eigenvalue weighted by molar-refractivity contribution is 6.06. The van der Waals surface area contributed by atoms with E-state index < -0.39 is 5.82 Å². The van der Waals surface area contributed by atoms with Crippen LogP contribution in [0.15, 0.2) is 55.1 Å². The van der Waals surface area contributed by atoms with Crippen LogP contribution >= 0.6 is 0 Å². The van der Waals surface area contributed by atoms with Crippen molar-refractivity contribution in [3.05, 3.63) is 77.8 Å². The van der Waals surface area contributed by atoms with Crippen LogP contribution in [-0.2, 0) is 0 Å². The SMILES string of the molecule is CNC(=O)c1ccnc2c(C(C)C(C)CNc3cc(-c4ccc(C#N)nc4)ncn3)ccc(F)c12. The molecule has 2 unspecified atom stereocenters. The average Bonchev–Trinajstić information content (AvgIpc) is 2.91. The van der Waals surface area contributed by atoms with E-state index in [1.807, 2.05) is 12.1 Å². The van der Waals surface area contributed by atoms with Gasteiger partial charge < -0.3 is 10.6 Å². The summed E-state index contributed by atoms with van der Waals surface area (Å²) in [7, 11) is 1.52. The minimum absolute atomic E-state index is 0.0158. The molecule has 2 N–H and O–H groups in total. The summed E-state index contributed by atoms with van der Waals surface area (Å²) in [6.07, 6.45) is 4.61. The van der Waals surface area contributed by atoms with Gasteiger partial charge in [-0.05, 0) is 41.7 Å². The molecule has 35 heavy (non-hydrogen) atoms. The Morgan fingerprint density at radius 1 is 1.11 bits per heavy atom. The molecular formula is C26H24FN7O. The van der Waals surface area contributed by atoms with Crippen molar-refractivity contribution >= 4 is 22.6 Å². The number of nitrogens with zero attached hydrogens (tertiary/aromatic N) is 5. The first-order chi connectivity index (χ1) is 16.9. The zero-order valence-electron chi connectivity index (χ0n) is 19.6. The third-order valence-electron chi connectivity index (χ3n) is 6.13. The summed E-state index contributed by atoms with van der Waals surface area (Å²) in [4.78, 5) is 29.4. The molecule has 3 aromatic heterocycles. The highest BCUT2D eigenvalue weighted by Crippen LogP contribution is 2.32. The second-order valence-corrected chi connectivity index (χ2v) is 8.28. The molecule has 0 aliphatic heterocycles. The second kappa shape index (κ2) is 10.2. The summed E-state index contributed by atoms with van der Waals surface area (Å²) in [6, 6.07) is 11.9. The van der Waals surface area contributed by atoms with E-state index in [1.165, 1.54) is 31.7 Å². The Labute approximate surface area is 202 Å². The van der Waals surface area contributed by atoms with Crippen LogP contribution in [0.3, 0.4) is 0 Å². The molecule has 0 saturated carbocycles. The number of nitriles is 1. The summed E-state index contributed by atoms with van der Waals surface area (Å²) in [5.74, 6) is -0.0272. The molecule has 0 saturated heterocycles. The van der Waals surface area contributed by atoms with Gasteiger partial charge in [0.1, 0.15) is 29.7 Å². The highest BCUT2D eigenvalue weighted by Gasteiger charge is 2.22. The number of hydrogen-bond acceptors (Lipinski definition) is 7. The zero-order valence-corrected chi connectivity index (χ0v) is 19.6. The Balaban J connectivity index is 1.53. The first-order valence-electron chi connectivity index (χ1n) is 11.1. The van der Waals surface area contributed by atoms with Crippen LogP contribution < -0.4 is 10.6 Å². The summed E-state index contributed by atoms with van der Waals surface area (Å²) < 4.78 is 14.7. The number of fused-ring (bicyclic) bond motifs is 1. The normalized spacial score (nSPS) is 12.5. The molecule has 3 heterocycles. The van der Waals surface area contributed by atoms with Crippen molar-refractivity contribution in [1.82, 2.24) is 25.3 Å². The molecule has 0 aliphatic carbocycles. The Hall–Kier alpha value is -4.45. The molecule has 0 aliphatic rings. The number of halogens is 1. The van der Waals surface area contributed by atoms with Crippen LogP contribution in [0.25, 0.3) is 22.2 Å². The molecule has 0 spiro atoms. The van der Waals surface area contributed by atoms with E-state index in [-0.39, 0.29) is 28.7 Å². The van der Waals surface area contributed by atoms with E-state index in [1.54, 1.807) is 24.4 Å². The van der Waals surface area contributed by atoms with Crippen molar-refractivity contribution in [1.29, 1.82) is 5.26 Å².